The maximum absolute atomic E-state index is 13.5. The topological polar surface area (TPSA) is 154 Å². The van der Waals surface area contributed by atoms with Gasteiger partial charge >= 0.3 is 0 Å². The third-order valence-corrected chi connectivity index (χ3v) is 12.4. The molecule has 14 heteroatoms. The molecule has 0 aromatic heterocycles. The van der Waals surface area contributed by atoms with Gasteiger partial charge in [0, 0.05) is 26.9 Å². The van der Waals surface area contributed by atoms with E-state index < -0.39 is 12.1 Å². The molecule has 0 bridgehead atoms. The summed E-state index contributed by atoms with van der Waals surface area (Å²) in [4.78, 5) is 57.1. The largest absolute Gasteiger partial charge is 0.490 e. The van der Waals surface area contributed by atoms with Crippen LogP contribution in [-0.2, 0) is 9.59 Å². The van der Waals surface area contributed by atoms with E-state index in [9.17, 15) is 19.2 Å². The van der Waals surface area contributed by atoms with Gasteiger partial charge in [0.2, 0.25) is 25.4 Å². The van der Waals surface area contributed by atoms with Gasteiger partial charge in [-0.2, -0.15) is 0 Å². The minimum atomic E-state index is -0.651. The van der Waals surface area contributed by atoms with E-state index in [4.69, 9.17) is 28.4 Å². The number of amides is 4. The van der Waals surface area contributed by atoms with Gasteiger partial charge in [-0.15, -0.1) is 0 Å². The minimum Gasteiger partial charge on any atom is -0.490 e. The van der Waals surface area contributed by atoms with Gasteiger partial charge in [-0.25, -0.2) is 0 Å². The maximum Gasteiger partial charge on any atom is 0.258 e. The van der Waals surface area contributed by atoms with Gasteiger partial charge in [0.1, 0.15) is 23.6 Å². The molecule has 0 fully saturated rings. The van der Waals surface area contributed by atoms with Crippen molar-refractivity contribution < 1.29 is 47.6 Å². The molecular weight excluding hydrogens is 865 g/mol. The molecule has 0 saturated heterocycles. The van der Waals surface area contributed by atoms with Gasteiger partial charge in [0.15, 0.2) is 23.0 Å². The average molecular weight is 929 g/mol. The summed E-state index contributed by atoms with van der Waals surface area (Å²) in [5.41, 5.74) is 2.73. The Bertz CT molecular complexity index is 2330. The van der Waals surface area contributed by atoms with Crippen molar-refractivity contribution in [1.82, 2.24) is 20.4 Å². The first-order valence-electron chi connectivity index (χ1n) is 23.5. The fourth-order valence-electron chi connectivity index (χ4n) is 8.88. The molecule has 0 spiro atoms. The van der Waals surface area contributed by atoms with Crippen LogP contribution in [0, 0.1) is 11.8 Å². The normalized spacial score (nSPS) is 24.1. The molecule has 0 aliphatic carbocycles. The lowest BCUT2D eigenvalue weighted by Crippen LogP contribution is -2.51. The lowest BCUT2D eigenvalue weighted by molar-refractivity contribution is -0.128. The molecule has 4 aromatic carbocycles. The van der Waals surface area contributed by atoms with Gasteiger partial charge in [0.05, 0.1) is 35.4 Å². The van der Waals surface area contributed by atoms with Crippen LogP contribution in [0.4, 0.5) is 0 Å². The van der Waals surface area contributed by atoms with Crippen molar-refractivity contribution in [2.45, 2.75) is 104 Å². The van der Waals surface area contributed by atoms with E-state index in [0.717, 1.165) is 11.1 Å². The molecule has 4 aromatic rings. The Morgan fingerprint density at radius 1 is 0.485 bits per heavy atom. The number of carbonyl (C=O) groups is 4. The van der Waals surface area contributed by atoms with Crippen LogP contribution in [0.3, 0.4) is 0 Å². The molecule has 4 heterocycles. The van der Waals surface area contributed by atoms with Crippen molar-refractivity contribution in [3.63, 3.8) is 0 Å². The molecule has 14 nitrogen and oxygen atoms in total. The van der Waals surface area contributed by atoms with Crippen molar-refractivity contribution in [1.29, 1.82) is 0 Å². The van der Waals surface area contributed by atoms with E-state index in [0.29, 0.717) is 71.3 Å². The number of nitrogens with zero attached hydrogens (tertiary/aromatic N) is 2. The number of benzene rings is 4. The average Bonchev–Trinajstić information content (AvgIpc) is 4.00. The number of carbonyl (C=O) groups excluding carboxylic acids is 4. The number of rotatable bonds is 4. The van der Waals surface area contributed by atoms with Crippen LogP contribution in [0.2, 0.25) is 0 Å². The number of fused-ring (bicyclic) bond motifs is 4. The van der Waals surface area contributed by atoms with Crippen LogP contribution in [-0.4, -0.2) is 85.4 Å². The summed E-state index contributed by atoms with van der Waals surface area (Å²) in [6, 6.07) is 23.9. The van der Waals surface area contributed by atoms with Crippen molar-refractivity contribution in [2.24, 2.45) is 11.8 Å². The van der Waals surface area contributed by atoms with Crippen molar-refractivity contribution in [3.05, 3.63) is 131 Å². The zero-order valence-corrected chi connectivity index (χ0v) is 40.2. The second kappa shape index (κ2) is 22.2. The highest BCUT2D eigenvalue weighted by Crippen LogP contribution is 2.37. The fraction of sp³-hybridized carbons (Fsp3) is 0.407. The van der Waals surface area contributed by atoms with E-state index in [-0.39, 0.29) is 73.3 Å². The van der Waals surface area contributed by atoms with Crippen molar-refractivity contribution in [2.75, 3.05) is 27.7 Å². The lowest BCUT2D eigenvalue weighted by Gasteiger charge is -2.32. The van der Waals surface area contributed by atoms with Gasteiger partial charge in [-0.05, 0) is 98.2 Å². The molecule has 4 aliphatic rings. The molecule has 4 amide bonds. The number of ether oxygens (including phenoxy) is 6. The zero-order valence-electron chi connectivity index (χ0n) is 40.2. The summed E-state index contributed by atoms with van der Waals surface area (Å²) in [6.07, 6.45) is 10.5. The minimum absolute atomic E-state index is 0.0955. The summed E-state index contributed by atoms with van der Waals surface area (Å²) < 4.78 is 34.2. The Labute approximate surface area is 399 Å². The molecule has 68 heavy (non-hydrogen) atoms. The Kier molecular flexibility index (Phi) is 16.0. The van der Waals surface area contributed by atoms with Crippen LogP contribution < -0.4 is 39.1 Å². The standard InChI is InChI=1S/2C27H32N2O5/c2*1-17(2)25-26(30)28-21(19-13-14-23-24(15-19)33-16-32-23)11-7-5-9-18(3)34-22-12-8-6-10-20(22)27(31)29(25)4/h2*5-8,10,12-15,17-18,21,25H,9,11,16H2,1-4H3,(H,28,30)/b7-5+;7-5-/t2*18-,21-,25+/m00/s1. The first kappa shape index (κ1) is 49.0. The van der Waals surface area contributed by atoms with Crippen LogP contribution in [0.5, 0.6) is 34.5 Å². The first-order chi connectivity index (χ1) is 32.7. The molecule has 360 valence electrons. The van der Waals surface area contributed by atoms with Crippen molar-refractivity contribution >= 4 is 23.6 Å². The van der Waals surface area contributed by atoms with Gasteiger partial charge < -0.3 is 48.9 Å². The Balaban J connectivity index is 0.000000201. The molecule has 6 atom stereocenters. The quantitative estimate of drug-likeness (QED) is 0.190. The second-order valence-electron chi connectivity index (χ2n) is 18.3. The third-order valence-electron chi connectivity index (χ3n) is 12.4. The monoisotopic (exact) mass is 928 g/mol. The molecule has 8 rings (SSSR count). The summed E-state index contributed by atoms with van der Waals surface area (Å²) in [6.45, 7) is 12.1. The highest BCUT2D eigenvalue weighted by Gasteiger charge is 2.35. The molecule has 0 unspecified atom stereocenters. The van der Waals surface area contributed by atoms with E-state index >= 15 is 0 Å². The summed E-state index contributed by atoms with van der Waals surface area (Å²) in [7, 11) is 3.35. The highest BCUT2D eigenvalue weighted by atomic mass is 16.7. The Morgan fingerprint density at radius 2 is 0.853 bits per heavy atom. The molecular formula is C54H64N4O10. The molecule has 4 aliphatic heterocycles. The number of nitrogens with one attached hydrogen (secondary N) is 2. The third kappa shape index (κ3) is 11.6. The number of para-hydroxylation sites is 2. The number of hydrogen-bond donors (Lipinski definition) is 2. The SMILES string of the molecule is CC(C)[C@@H]1C(=O)N[C@H](c2ccc3c(c2)OCO3)C/C=C/C[C@H](C)Oc2ccccc2C(=O)N1C.CC(C)[C@@H]1C(=O)N[C@H](c2ccc3c(c2)OCO3)C/C=C\C[C@H](C)Oc2ccccc2C(=O)N1C. The van der Waals surface area contributed by atoms with Crippen LogP contribution in [0.25, 0.3) is 0 Å². The maximum atomic E-state index is 13.5. The van der Waals surface area contributed by atoms with Gasteiger partial charge in [0.25, 0.3) is 11.8 Å². The van der Waals surface area contributed by atoms with Crippen molar-refractivity contribution in [3.8, 4) is 34.5 Å². The summed E-state index contributed by atoms with van der Waals surface area (Å²) >= 11 is 0. The van der Waals surface area contributed by atoms with E-state index in [2.05, 4.69) is 34.9 Å². The molecule has 0 saturated carbocycles. The fourth-order valence-corrected chi connectivity index (χ4v) is 8.88. The highest BCUT2D eigenvalue weighted by molar-refractivity contribution is 6.00. The van der Waals surface area contributed by atoms with E-state index in [1.165, 1.54) is 9.80 Å². The molecule has 2 N–H and O–H groups in total. The Hall–Kier alpha value is -6.96. The van der Waals surface area contributed by atoms with Crippen LogP contribution in [0.15, 0.2) is 109 Å². The smallest absolute Gasteiger partial charge is 0.258 e. The molecule has 0 radical (unpaired) electrons. The zero-order chi connectivity index (χ0) is 48.5. The van der Waals surface area contributed by atoms with Gasteiger partial charge in [-0.1, -0.05) is 88.4 Å². The van der Waals surface area contributed by atoms with Crippen LogP contribution >= 0.6 is 0 Å². The number of likely N-dealkylation sites (N-methyl/N-ethyl adjacent to an activating group) is 2. The second-order valence-corrected chi connectivity index (χ2v) is 18.3. The summed E-state index contributed by atoms with van der Waals surface area (Å²) in [5.74, 6) is 2.69. The predicted octanol–water partition coefficient (Wildman–Crippen LogP) is 8.97. The summed E-state index contributed by atoms with van der Waals surface area (Å²) in [5, 5.41) is 6.37. The van der Waals surface area contributed by atoms with E-state index in [1.807, 2.05) is 102 Å². The number of hydrogen-bond acceptors (Lipinski definition) is 10. The first-order valence-corrected chi connectivity index (χ1v) is 23.5. The van der Waals surface area contributed by atoms with Crippen LogP contribution in [0.1, 0.15) is 111 Å². The lowest BCUT2D eigenvalue weighted by atomic mass is 9.97. The van der Waals surface area contributed by atoms with Gasteiger partial charge in [-0.3, -0.25) is 19.2 Å². The predicted molar refractivity (Wildman–Crippen MR) is 258 cm³/mol. The van der Waals surface area contributed by atoms with E-state index in [1.54, 1.807) is 38.4 Å². The Morgan fingerprint density at radius 3 is 1.25 bits per heavy atom.